The molecule has 3 aromatic rings. The highest BCUT2D eigenvalue weighted by molar-refractivity contribution is 8.18. The third-order valence-electron chi connectivity index (χ3n) is 4.73. The summed E-state index contributed by atoms with van der Waals surface area (Å²) in [5.74, 6) is -0.905. The van der Waals surface area contributed by atoms with Gasteiger partial charge in [0.1, 0.15) is 11.4 Å². The van der Waals surface area contributed by atoms with Crippen LogP contribution in [-0.4, -0.2) is 46.6 Å². The van der Waals surface area contributed by atoms with E-state index in [9.17, 15) is 23.2 Å². The molecule has 1 fully saturated rings. The van der Waals surface area contributed by atoms with Crippen molar-refractivity contribution in [3.63, 3.8) is 0 Å². The molecule has 3 amide bonds. The lowest BCUT2D eigenvalue weighted by atomic mass is 10.2. The largest absolute Gasteiger partial charge is 0.435 e. The summed E-state index contributed by atoms with van der Waals surface area (Å²) in [4.78, 5) is 42.8. The number of hydrogen-bond acceptors (Lipinski definition) is 6. The van der Waals surface area contributed by atoms with Gasteiger partial charge in [-0.25, -0.2) is 4.98 Å². The summed E-state index contributed by atoms with van der Waals surface area (Å²) in [7, 11) is 0. The molecule has 0 atom stereocenters. The molecule has 168 valence electrons. The Bertz CT molecular complexity index is 1250. The summed E-state index contributed by atoms with van der Waals surface area (Å²) in [6, 6.07) is 16.5. The van der Waals surface area contributed by atoms with Gasteiger partial charge in [-0.2, -0.15) is 8.78 Å². The summed E-state index contributed by atoms with van der Waals surface area (Å²) < 4.78 is 28.8. The number of aromatic nitrogens is 1. The molecule has 4 rings (SSSR count). The number of rotatable bonds is 7. The van der Waals surface area contributed by atoms with E-state index in [-0.39, 0.29) is 29.4 Å². The number of para-hydroxylation sites is 1. The predicted octanol–water partition coefficient (Wildman–Crippen LogP) is 4.30. The number of amides is 3. The highest BCUT2D eigenvalue weighted by Crippen LogP contribution is 2.32. The highest BCUT2D eigenvalue weighted by atomic mass is 32.2. The molecule has 33 heavy (non-hydrogen) atoms. The summed E-state index contributed by atoms with van der Waals surface area (Å²) in [6.07, 6.45) is 1.49. The second kappa shape index (κ2) is 9.78. The summed E-state index contributed by atoms with van der Waals surface area (Å²) in [6.45, 7) is -2.86. The van der Waals surface area contributed by atoms with Gasteiger partial charge in [0, 0.05) is 18.5 Å². The van der Waals surface area contributed by atoms with Gasteiger partial charge in [-0.15, -0.1) is 0 Å². The van der Waals surface area contributed by atoms with E-state index in [1.165, 1.54) is 30.3 Å². The molecule has 0 bridgehead atoms. The van der Waals surface area contributed by atoms with Gasteiger partial charge in [-0.3, -0.25) is 19.3 Å². The third kappa shape index (κ3) is 5.35. The van der Waals surface area contributed by atoms with E-state index in [0.29, 0.717) is 11.1 Å². The van der Waals surface area contributed by atoms with Crippen LogP contribution in [0.2, 0.25) is 0 Å². The van der Waals surface area contributed by atoms with Crippen LogP contribution in [-0.2, 0) is 4.79 Å². The molecule has 2 heterocycles. The molecule has 1 N–H and O–H groups in total. The van der Waals surface area contributed by atoms with Crippen LogP contribution in [0.4, 0.5) is 13.6 Å². The van der Waals surface area contributed by atoms with Gasteiger partial charge >= 0.3 is 6.61 Å². The van der Waals surface area contributed by atoms with Crippen LogP contribution in [0, 0.1) is 0 Å². The van der Waals surface area contributed by atoms with Crippen molar-refractivity contribution < 1.29 is 27.9 Å². The van der Waals surface area contributed by atoms with Crippen molar-refractivity contribution in [2.24, 2.45) is 0 Å². The number of hydrogen-bond donors (Lipinski definition) is 1. The van der Waals surface area contributed by atoms with E-state index >= 15 is 0 Å². The van der Waals surface area contributed by atoms with Crippen molar-refractivity contribution >= 4 is 45.8 Å². The molecule has 1 aliphatic heterocycles. The quantitative estimate of drug-likeness (QED) is 0.519. The first-order valence-corrected chi connectivity index (χ1v) is 10.7. The molecule has 2 aromatic carbocycles. The van der Waals surface area contributed by atoms with E-state index in [2.05, 4.69) is 15.0 Å². The Labute approximate surface area is 191 Å². The number of nitrogens with one attached hydrogen (secondary N) is 1. The second-order valence-corrected chi connectivity index (χ2v) is 7.92. The first-order chi connectivity index (χ1) is 15.9. The highest BCUT2D eigenvalue weighted by Gasteiger charge is 2.34. The maximum Gasteiger partial charge on any atom is 0.387 e. The lowest BCUT2D eigenvalue weighted by molar-refractivity contribution is -0.122. The second-order valence-electron chi connectivity index (χ2n) is 6.93. The Morgan fingerprint density at radius 3 is 2.61 bits per heavy atom. The van der Waals surface area contributed by atoms with Gasteiger partial charge in [0.05, 0.1) is 10.4 Å². The average Bonchev–Trinajstić information content (AvgIpc) is 3.07. The van der Waals surface area contributed by atoms with Crippen molar-refractivity contribution in [1.82, 2.24) is 15.2 Å². The minimum atomic E-state index is -2.93. The SMILES string of the molecule is O=C(NCCN1C(=O)S/C(=C/c2ccc(OC(F)F)cc2)C1=O)c1ccc2ccccc2n1. The maximum atomic E-state index is 12.6. The van der Waals surface area contributed by atoms with Crippen LogP contribution in [0.15, 0.2) is 65.6 Å². The molecule has 7 nitrogen and oxygen atoms in total. The van der Waals surface area contributed by atoms with Crippen molar-refractivity contribution in [3.05, 3.63) is 76.8 Å². The summed E-state index contributed by atoms with van der Waals surface area (Å²) in [5.41, 5.74) is 1.48. The Hall–Kier alpha value is -3.79. The number of nitrogens with zero attached hydrogens (tertiary/aromatic N) is 2. The molecule has 0 radical (unpaired) electrons. The smallest absolute Gasteiger partial charge is 0.387 e. The Balaban J connectivity index is 1.34. The maximum absolute atomic E-state index is 12.6. The number of carbonyl (C=O) groups is 3. The van der Waals surface area contributed by atoms with Gasteiger partial charge in [0.25, 0.3) is 17.1 Å². The average molecular weight is 469 g/mol. The fourth-order valence-corrected chi connectivity index (χ4v) is 4.02. The zero-order valence-corrected chi connectivity index (χ0v) is 17.9. The number of benzene rings is 2. The molecular weight excluding hydrogens is 452 g/mol. The van der Waals surface area contributed by atoms with Crippen LogP contribution >= 0.6 is 11.8 Å². The molecule has 1 saturated heterocycles. The molecule has 0 aliphatic carbocycles. The van der Waals surface area contributed by atoms with E-state index in [1.807, 2.05) is 18.2 Å². The van der Waals surface area contributed by atoms with Gasteiger partial charge in [0.15, 0.2) is 0 Å². The van der Waals surface area contributed by atoms with Crippen molar-refractivity contribution in [2.45, 2.75) is 6.61 Å². The van der Waals surface area contributed by atoms with Gasteiger partial charge in [-0.1, -0.05) is 36.4 Å². The van der Waals surface area contributed by atoms with Crippen molar-refractivity contribution in [2.75, 3.05) is 13.1 Å². The Morgan fingerprint density at radius 1 is 1.09 bits per heavy atom. The van der Waals surface area contributed by atoms with Crippen LogP contribution in [0.5, 0.6) is 5.75 Å². The van der Waals surface area contributed by atoms with Gasteiger partial charge < -0.3 is 10.1 Å². The molecule has 0 saturated carbocycles. The van der Waals surface area contributed by atoms with Gasteiger partial charge in [0.2, 0.25) is 0 Å². The number of carbonyl (C=O) groups excluding carboxylic acids is 3. The van der Waals surface area contributed by atoms with E-state index in [4.69, 9.17) is 0 Å². The minimum Gasteiger partial charge on any atom is -0.435 e. The van der Waals surface area contributed by atoms with Gasteiger partial charge in [-0.05, 0) is 47.7 Å². The molecule has 0 spiro atoms. The molecule has 1 aromatic heterocycles. The standard InChI is InChI=1S/C23H17F2N3O4S/c24-22(25)32-16-8-5-14(6-9-16)13-19-21(30)28(23(31)33-19)12-11-26-20(29)18-10-7-15-3-1-2-4-17(15)27-18/h1-10,13,22H,11-12H2,(H,26,29)/b19-13+. The molecule has 0 unspecified atom stereocenters. The van der Waals surface area contributed by atoms with Crippen LogP contribution in [0.3, 0.4) is 0 Å². The van der Waals surface area contributed by atoms with Crippen molar-refractivity contribution in [3.8, 4) is 5.75 Å². The first-order valence-electron chi connectivity index (χ1n) is 9.85. The van der Waals surface area contributed by atoms with Crippen molar-refractivity contribution in [1.29, 1.82) is 0 Å². The zero-order valence-electron chi connectivity index (χ0n) is 17.0. The number of thioether (sulfide) groups is 1. The van der Waals surface area contributed by atoms with E-state index in [0.717, 1.165) is 22.0 Å². The summed E-state index contributed by atoms with van der Waals surface area (Å²) in [5, 5.41) is 3.12. The number of imide groups is 1. The number of ether oxygens (including phenoxy) is 1. The fraction of sp³-hybridized carbons (Fsp3) is 0.130. The third-order valence-corrected chi connectivity index (χ3v) is 5.64. The predicted molar refractivity (Wildman–Crippen MR) is 120 cm³/mol. The first kappa shape index (κ1) is 22.4. The number of pyridine rings is 1. The topological polar surface area (TPSA) is 88.6 Å². The molecule has 10 heteroatoms. The fourth-order valence-electron chi connectivity index (χ4n) is 3.15. The van der Waals surface area contributed by atoms with Crippen LogP contribution < -0.4 is 10.1 Å². The number of alkyl halides is 2. The molecule has 1 aliphatic rings. The zero-order chi connectivity index (χ0) is 23.4. The Morgan fingerprint density at radius 2 is 1.85 bits per heavy atom. The van der Waals surface area contributed by atoms with E-state index in [1.54, 1.807) is 18.2 Å². The number of halogens is 2. The van der Waals surface area contributed by atoms with Crippen LogP contribution in [0.25, 0.3) is 17.0 Å². The lowest BCUT2D eigenvalue weighted by Gasteiger charge is -2.13. The molecular formula is C23H17F2N3O4S. The monoisotopic (exact) mass is 469 g/mol. The lowest BCUT2D eigenvalue weighted by Crippen LogP contribution is -2.37. The number of fused-ring (bicyclic) bond motifs is 1. The van der Waals surface area contributed by atoms with E-state index < -0.39 is 23.7 Å². The normalized spacial score (nSPS) is 15.0. The Kier molecular flexibility index (Phi) is 6.64. The minimum absolute atomic E-state index is 0.00247. The van der Waals surface area contributed by atoms with Crippen LogP contribution in [0.1, 0.15) is 16.1 Å². The summed E-state index contributed by atoms with van der Waals surface area (Å²) >= 11 is 0.770.